The van der Waals surface area contributed by atoms with Crippen LogP contribution in [0.5, 0.6) is 0 Å². The molecule has 1 heterocycles. The molecular weight excluding hydrogens is 340 g/mol. The van der Waals surface area contributed by atoms with E-state index in [4.69, 9.17) is 12.2 Å². The van der Waals surface area contributed by atoms with E-state index in [0.717, 1.165) is 11.3 Å². The van der Waals surface area contributed by atoms with E-state index in [1.165, 1.54) is 0 Å². The average Bonchev–Trinajstić information content (AvgIpc) is 2.82. The molecule has 7 nitrogen and oxygen atoms in total. The minimum Gasteiger partial charge on any atom is -0.361 e. The van der Waals surface area contributed by atoms with Crippen LogP contribution in [0, 0.1) is 5.92 Å². The van der Waals surface area contributed by atoms with Gasteiger partial charge in [0.1, 0.15) is 0 Å². The van der Waals surface area contributed by atoms with Gasteiger partial charge in [-0.1, -0.05) is 26.0 Å². The summed E-state index contributed by atoms with van der Waals surface area (Å²) in [7, 11) is 0. The number of rotatable bonds is 6. The Morgan fingerprint density at radius 1 is 1.12 bits per heavy atom. The van der Waals surface area contributed by atoms with Crippen molar-refractivity contribution < 1.29 is 14.4 Å². The molecule has 2 rings (SSSR count). The van der Waals surface area contributed by atoms with Crippen LogP contribution in [0.2, 0.25) is 0 Å². The molecule has 0 atom stereocenters. The third-order valence-corrected chi connectivity index (χ3v) is 4.01. The number of carbonyl (C=O) groups excluding carboxylic acids is 3. The predicted molar refractivity (Wildman–Crippen MR) is 97.8 cm³/mol. The molecule has 25 heavy (non-hydrogen) atoms. The first-order valence-electron chi connectivity index (χ1n) is 8.18. The molecule has 0 aromatic heterocycles. The minimum absolute atomic E-state index is 0.00687. The average molecular weight is 362 g/mol. The highest BCUT2D eigenvalue weighted by Crippen LogP contribution is 2.22. The SMILES string of the molecule is CC(C)CCNC(=S)NNC(=O)CCN1C(=O)c2ccccc2C1=O. The van der Waals surface area contributed by atoms with Crippen molar-refractivity contribution in [3.8, 4) is 0 Å². The smallest absolute Gasteiger partial charge is 0.261 e. The second-order valence-corrected chi connectivity index (χ2v) is 6.58. The summed E-state index contributed by atoms with van der Waals surface area (Å²) in [5.74, 6) is -0.534. The van der Waals surface area contributed by atoms with Gasteiger partial charge in [-0.2, -0.15) is 0 Å². The summed E-state index contributed by atoms with van der Waals surface area (Å²) in [5, 5.41) is 3.31. The Balaban J connectivity index is 1.73. The summed E-state index contributed by atoms with van der Waals surface area (Å²) in [4.78, 5) is 37.3. The maximum atomic E-state index is 12.2. The van der Waals surface area contributed by atoms with Gasteiger partial charge in [0, 0.05) is 19.5 Å². The molecule has 1 aliphatic heterocycles. The molecule has 1 aromatic rings. The van der Waals surface area contributed by atoms with E-state index in [1.54, 1.807) is 24.3 Å². The zero-order chi connectivity index (χ0) is 18.4. The Morgan fingerprint density at radius 3 is 2.28 bits per heavy atom. The highest BCUT2D eigenvalue weighted by Gasteiger charge is 2.34. The van der Waals surface area contributed by atoms with Gasteiger partial charge in [-0.15, -0.1) is 0 Å². The Labute approximate surface area is 152 Å². The van der Waals surface area contributed by atoms with E-state index >= 15 is 0 Å². The normalized spacial score (nSPS) is 13.0. The summed E-state index contributed by atoms with van der Waals surface area (Å²) >= 11 is 5.05. The number of fused-ring (bicyclic) bond motifs is 1. The number of hydrogen-bond donors (Lipinski definition) is 3. The number of benzene rings is 1. The van der Waals surface area contributed by atoms with E-state index in [9.17, 15) is 14.4 Å². The Morgan fingerprint density at radius 2 is 1.72 bits per heavy atom. The second kappa shape index (κ2) is 8.57. The van der Waals surface area contributed by atoms with E-state index in [0.29, 0.717) is 28.7 Å². The number of nitrogens with zero attached hydrogens (tertiary/aromatic N) is 1. The topological polar surface area (TPSA) is 90.5 Å². The fourth-order valence-electron chi connectivity index (χ4n) is 2.36. The number of amides is 3. The van der Waals surface area contributed by atoms with Crippen LogP contribution in [0.1, 0.15) is 47.4 Å². The number of hydrogen-bond acceptors (Lipinski definition) is 4. The molecule has 0 saturated heterocycles. The first-order valence-corrected chi connectivity index (χ1v) is 8.59. The van der Waals surface area contributed by atoms with Crippen LogP contribution in [-0.2, 0) is 4.79 Å². The lowest BCUT2D eigenvalue weighted by molar-refractivity contribution is -0.121. The van der Waals surface area contributed by atoms with E-state index < -0.39 is 0 Å². The molecule has 0 bridgehead atoms. The first kappa shape index (κ1) is 18.9. The van der Waals surface area contributed by atoms with Crippen molar-refractivity contribution >= 4 is 35.1 Å². The zero-order valence-corrected chi connectivity index (χ0v) is 15.1. The van der Waals surface area contributed by atoms with Gasteiger partial charge < -0.3 is 5.32 Å². The van der Waals surface area contributed by atoms with Crippen molar-refractivity contribution in [3.63, 3.8) is 0 Å². The van der Waals surface area contributed by atoms with Crippen molar-refractivity contribution in [2.24, 2.45) is 5.92 Å². The molecule has 0 aliphatic carbocycles. The molecular formula is C17H22N4O3S. The molecule has 0 saturated carbocycles. The summed E-state index contributed by atoms with van der Waals surface area (Å²) in [6, 6.07) is 6.63. The highest BCUT2D eigenvalue weighted by molar-refractivity contribution is 7.80. The van der Waals surface area contributed by atoms with Crippen LogP contribution in [-0.4, -0.2) is 40.8 Å². The van der Waals surface area contributed by atoms with Crippen molar-refractivity contribution in [1.82, 2.24) is 21.1 Å². The van der Waals surface area contributed by atoms with Crippen LogP contribution in [0.25, 0.3) is 0 Å². The van der Waals surface area contributed by atoms with Gasteiger partial charge in [-0.05, 0) is 36.7 Å². The molecule has 3 N–H and O–H groups in total. The standard InChI is InChI=1S/C17H22N4O3S/c1-11(2)7-9-18-17(25)20-19-14(22)8-10-21-15(23)12-5-3-4-6-13(12)16(21)24/h3-6,11H,7-10H2,1-2H3,(H,19,22)(H2,18,20,25). The second-order valence-electron chi connectivity index (χ2n) is 6.17. The number of carbonyl (C=O) groups is 3. The summed E-state index contributed by atoms with van der Waals surface area (Å²) < 4.78 is 0. The van der Waals surface area contributed by atoms with E-state index in [-0.39, 0.29) is 30.7 Å². The monoisotopic (exact) mass is 362 g/mol. The number of hydrazine groups is 1. The first-order chi connectivity index (χ1) is 11.9. The molecule has 1 aromatic carbocycles. The third-order valence-electron chi connectivity index (χ3n) is 3.76. The molecule has 0 unspecified atom stereocenters. The van der Waals surface area contributed by atoms with Gasteiger partial charge in [0.25, 0.3) is 11.8 Å². The summed E-state index contributed by atoms with van der Waals surface area (Å²) in [5.41, 5.74) is 5.81. The van der Waals surface area contributed by atoms with E-state index in [1.807, 2.05) is 0 Å². The van der Waals surface area contributed by atoms with Crippen LogP contribution >= 0.6 is 12.2 Å². The van der Waals surface area contributed by atoms with Gasteiger partial charge in [0.2, 0.25) is 5.91 Å². The lowest BCUT2D eigenvalue weighted by atomic mass is 10.1. The fraction of sp³-hybridized carbons (Fsp3) is 0.412. The van der Waals surface area contributed by atoms with Crippen molar-refractivity contribution in [3.05, 3.63) is 35.4 Å². The lowest BCUT2D eigenvalue weighted by Crippen LogP contribution is -2.47. The number of thiocarbonyl (C=S) groups is 1. The Kier molecular flexibility index (Phi) is 6.46. The maximum absolute atomic E-state index is 12.2. The molecule has 0 spiro atoms. The van der Waals surface area contributed by atoms with Crippen LogP contribution in [0.15, 0.2) is 24.3 Å². The largest absolute Gasteiger partial charge is 0.361 e. The zero-order valence-electron chi connectivity index (χ0n) is 14.3. The van der Waals surface area contributed by atoms with Gasteiger partial charge in [-0.3, -0.25) is 30.1 Å². The Bertz CT molecular complexity index is 655. The fourth-order valence-corrected chi connectivity index (χ4v) is 2.52. The van der Waals surface area contributed by atoms with Crippen LogP contribution in [0.3, 0.4) is 0 Å². The summed E-state index contributed by atoms with van der Waals surface area (Å²) in [6.45, 7) is 4.96. The number of nitrogens with one attached hydrogen (secondary N) is 3. The van der Waals surface area contributed by atoms with Crippen molar-refractivity contribution in [2.75, 3.05) is 13.1 Å². The van der Waals surface area contributed by atoms with Crippen LogP contribution in [0.4, 0.5) is 0 Å². The molecule has 134 valence electrons. The van der Waals surface area contributed by atoms with Crippen LogP contribution < -0.4 is 16.2 Å². The van der Waals surface area contributed by atoms with Crippen molar-refractivity contribution in [2.45, 2.75) is 26.7 Å². The van der Waals surface area contributed by atoms with Gasteiger partial charge in [-0.25, -0.2) is 0 Å². The molecule has 1 aliphatic rings. The molecule has 0 radical (unpaired) electrons. The van der Waals surface area contributed by atoms with Gasteiger partial charge in [0.05, 0.1) is 11.1 Å². The quantitative estimate of drug-likeness (QED) is 0.400. The number of imide groups is 1. The van der Waals surface area contributed by atoms with Gasteiger partial charge >= 0.3 is 0 Å². The Hall–Kier alpha value is -2.48. The maximum Gasteiger partial charge on any atom is 0.261 e. The van der Waals surface area contributed by atoms with Crippen molar-refractivity contribution in [1.29, 1.82) is 0 Å². The molecule has 8 heteroatoms. The van der Waals surface area contributed by atoms with Gasteiger partial charge in [0.15, 0.2) is 5.11 Å². The minimum atomic E-state index is -0.368. The van der Waals surface area contributed by atoms with E-state index in [2.05, 4.69) is 30.0 Å². The third kappa shape index (κ3) is 4.99. The molecule has 0 fully saturated rings. The highest BCUT2D eigenvalue weighted by atomic mass is 32.1. The lowest BCUT2D eigenvalue weighted by Gasteiger charge is -2.15. The predicted octanol–water partition coefficient (Wildman–Crippen LogP) is 1.21. The molecule has 3 amide bonds. The summed E-state index contributed by atoms with van der Waals surface area (Å²) in [6.07, 6.45) is 0.961.